The van der Waals surface area contributed by atoms with Gasteiger partial charge in [0.25, 0.3) is 0 Å². The zero-order valence-corrected chi connectivity index (χ0v) is 22.7. The van der Waals surface area contributed by atoms with Gasteiger partial charge in [-0.25, -0.2) is 0 Å². The Morgan fingerprint density at radius 1 is 0.677 bits per heavy atom. The molecule has 0 aliphatic heterocycles. The lowest BCUT2D eigenvalue weighted by molar-refractivity contribution is -0.140. The maximum atomic E-state index is 12.3. The minimum absolute atomic E-state index is 0.193. The minimum atomic E-state index is -0.193. The van der Waals surface area contributed by atoms with Crippen molar-refractivity contribution in [2.24, 2.45) is 11.3 Å². The van der Waals surface area contributed by atoms with Gasteiger partial charge in [-0.3, -0.25) is 9.59 Å². The number of amides is 2. The van der Waals surface area contributed by atoms with E-state index in [1.54, 1.807) is 0 Å². The molecule has 0 spiro atoms. The van der Waals surface area contributed by atoms with Crippen molar-refractivity contribution in [3.8, 4) is 0 Å². The first-order valence-electron chi connectivity index (χ1n) is 13.2. The number of rotatable bonds is 16. The van der Waals surface area contributed by atoms with Crippen LogP contribution in [-0.2, 0) is 9.59 Å². The molecule has 0 saturated carbocycles. The van der Waals surface area contributed by atoms with Crippen LogP contribution < -0.4 is 0 Å². The van der Waals surface area contributed by atoms with Crippen LogP contribution in [0.5, 0.6) is 0 Å². The molecule has 4 heteroatoms. The summed E-state index contributed by atoms with van der Waals surface area (Å²) in [6, 6.07) is 0. The van der Waals surface area contributed by atoms with Crippen molar-refractivity contribution in [3.05, 3.63) is 0 Å². The molecular weight excluding hydrogens is 384 g/mol. The van der Waals surface area contributed by atoms with Crippen molar-refractivity contribution >= 4 is 11.8 Å². The highest BCUT2D eigenvalue weighted by atomic mass is 16.2. The van der Waals surface area contributed by atoms with Crippen LogP contribution in [0.4, 0.5) is 0 Å². The molecule has 1 atom stereocenters. The molecule has 186 valence electrons. The molecule has 0 heterocycles. The Bertz CT molecular complexity index is 433. The molecule has 0 aliphatic carbocycles. The lowest BCUT2D eigenvalue weighted by atomic mass is 9.88. The van der Waals surface area contributed by atoms with Crippen molar-refractivity contribution in [3.63, 3.8) is 0 Å². The van der Waals surface area contributed by atoms with E-state index in [9.17, 15) is 9.59 Å². The predicted molar refractivity (Wildman–Crippen MR) is 136 cm³/mol. The summed E-state index contributed by atoms with van der Waals surface area (Å²) in [5.41, 5.74) is -0.193. The maximum absolute atomic E-state index is 12.3. The van der Waals surface area contributed by atoms with Gasteiger partial charge in [0.2, 0.25) is 11.8 Å². The molecule has 0 N–H and O–H groups in total. The first-order valence-corrected chi connectivity index (χ1v) is 13.2. The summed E-state index contributed by atoms with van der Waals surface area (Å²) in [4.78, 5) is 28.5. The van der Waals surface area contributed by atoms with E-state index in [1.807, 2.05) is 6.92 Å². The second-order valence-corrected chi connectivity index (χ2v) is 9.58. The van der Waals surface area contributed by atoms with Crippen LogP contribution >= 0.6 is 0 Å². The third kappa shape index (κ3) is 14.6. The summed E-state index contributed by atoms with van der Waals surface area (Å²) < 4.78 is 0. The number of nitrogens with zero attached hydrogens (tertiary/aromatic N) is 2. The van der Waals surface area contributed by atoms with Gasteiger partial charge in [-0.05, 0) is 38.5 Å². The van der Waals surface area contributed by atoms with E-state index in [-0.39, 0.29) is 11.3 Å². The molecule has 31 heavy (non-hydrogen) atoms. The van der Waals surface area contributed by atoms with E-state index >= 15 is 0 Å². The van der Waals surface area contributed by atoms with Crippen LogP contribution in [0.25, 0.3) is 0 Å². The summed E-state index contributed by atoms with van der Waals surface area (Å²) >= 11 is 0. The van der Waals surface area contributed by atoms with Gasteiger partial charge in [0, 0.05) is 37.5 Å². The van der Waals surface area contributed by atoms with E-state index < -0.39 is 0 Å². The molecule has 0 radical (unpaired) electrons. The summed E-state index contributed by atoms with van der Waals surface area (Å²) in [6.45, 7) is 22.8. The van der Waals surface area contributed by atoms with Crippen LogP contribution in [0, 0.1) is 11.3 Å². The lowest BCUT2D eigenvalue weighted by Gasteiger charge is -2.31. The van der Waals surface area contributed by atoms with Gasteiger partial charge in [0.05, 0.1) is 0 Å². The Labute approximate surface area is 195 Å². The summed E-state index contributed by atoms with van der Waals surface area (Å²) in [6.07, 6.45) is 11.0. The highest BCUT2D eigenvalue weighted by Crippen LogP contribution is 2.23. The average Bonchev–Trinajstić information content (AvgIpc) is 2.78. The largest absolute Gasteiger partial charge is 0.342 e. The van der Waals surface area contributed by atoms with Gasteiger partial charge in [0.1, 0.15) is 0 Å². The fourth-order valence-corrected chi connectivity index (χ4v) is 3.11. The normalized spacial score (nSPS) is 12.0. The van der Waals surface area contributed by atoms with Crippen molar-refractivity contribution in [1.29, 1.82) is 0 Å². The molecule has 0 rings (SSSR count). The van der Waals surface area contributed by atoms with Crippen LogP contribution in [0.3, 0.4) is 0 Å². The second-order valence-electron chi connectivity index (χ2n) is 9.58. The summed E-state index contributed by atoms with van der Waals surface area (Å²) in [5, 5.41) is 0. The van der Waals surface area contributed by atoms with E-state index in [1.165, 1.54) is 0 Å². The zero-order valence-electron chi connectivity index (χ0n) is 22.7. The van der Waals surface area contributed by atoms with Crippen molar-refractivity contribution in [1.82, 2.24) is 9.80 Å². The molecule has 0 fully saturated rings. The first kappa shape index (κ1) is 32.1. The Balaban J connectivity index is 0. The Morgan fingerprint density at radius 2 is 1.03 bits per heavy atom. The summed E-state index contributed by atoms with van der Waals surface area (Å²) in [5.74, 6) is 0.870. The second kappa shape index (κ2) is 19.6. The SMILES string of the molecule is CCCCN(CCCC)C(=O)C(C)(C)CC.CCCCN(CCCC)C(=O)C(C)CC. The Kier molecular flexibility index (Phi) is 20.3. The fourth-order valence-electron chi connectivity index (χ4n) is 3.11. The quantitative estimate of drug-likeness (QED) is 0.252. The van der Waals surface area contributed by atoms with E-state index in [0.717, 1.165) is 90.4 Å². The number of unbranched alkanes of at least 4 members (excludes halogenated alkanes) is 4. The lowest BCUT2D eigenvalue weighted by Crippen LogP contribution is -2.41. The molecule has 0 aromatic heterocycles. The fraction of sp³-hybridized carbons (Fsp3) is 0.926. The monoisotopic (exact) mass is 440 g/mol. The highest BCUT2D eigenvalue weighted by Gasteiger charge is 2.29. The van der Waals surface area contributed by atoms with Crippen LogP contribution in [0.15, 0.2) is 0 Å². The van der Waals surface area contributed by atoms with Crippen molar-refractivity contribution in [2.75, 3.05) is 26.2 Å². The van der Waals surface area contributed by atoms with E-state index in [4.69, 9.17) is 0 Å². The molecule has 4 nitrogen and oxygen atoms in total. The molecule has 0 aromatic carbocycles. The predicted octanol–water partition coefficient (Wildman–Crippen LogP) is 7.31. The van der Waals surface area contributed by atoms with Gasteiger partial charge in [0.15, 0.2) is 0 Å². The third-order valence-electron chi connectivity index (χ3n) is 6.22. The van der Waals surface area contributed by atoms with Gasteiger partial charge in [-0.15, -0.1) is 0 Å². The van der Waals surface area contributed by atoms with Gasteiger partial charge in [-0.2, -0.15) is 0 Å². The molecule has 0 saturated heterocycles. The van der Waals surface area contributed by atoms with Crippen LogP contribution in [0.2, 0.25) is 0 Å². The molecule has 0 aliphatic rings. The number of carbonyl (C=O) groups is 2. The standard InChI is InChI=1S/C14H29NO.C13H27NO/c1-6-9-11-15(12-10-7-2)13(16)14(4,5)8-3;1-5-8-10-14(11-9-6-2)13(15)12(4)7-3/h6-12H2,1-5H3;12H,5-11H2,1-4H3. The Morgan fingerprint density at radius 3 is 1.32 bits per heavy atom. The zero-order chi connectivity index (χ0) is 24.3. The molecule has 0 aromatic rings. The van der Waals surface area contributed by atoms with Crippen molar-refractivity contribution in [2.45, 2.75) is 127 Å². The average molecular weight is 441 g/mol. The van der Waals surface area contributed by atoms with Crippen LogP contribution in [0.1, 0.15) is 127 Å². The number of hydrogen-bond acceptors (Lipinski definition) is 2. The maximum Gasteiger partial charge on any atom is 0.228 e. The molecule has 0 bridgehead atoms. The van der Waals surface area contributed by atoms with Gasteiger partial charge < -0.3 is 9.80 Å². The number of carbonyl (C=O) groups excluding carboxylic acids is 2. The first-order chi connectivity index (χ1) is 14.7. The molecule has 2 amide bonds. The molecular formula is C27H56N2O2. The molecule has 1 unspecified atom stereocenters. The van der Waals surface area contributed by atoms with Gasteiger partial charge >= 0.3 is 0 Å². The van der Waals surface area contributed by atoms with E-state index in [0.29, 0.717) is 11.8 Å². The highest BCUT2D eigenvalue weighted by molar-refractivity contribution is 5.81. The van der Waals surface area contributed by atoms with Crippen LogP contribution in [-0.4, -0.2) is 47.8 Å². The number of hydrogen-bond donors (Lipinski definition) is 0. The van der Waals surface area contributed by atoms with E-state index in [2.05, 4.69) is 65.2 Å². The topological polar surface area (TPSA) is 40.6 Å². The minimum Gasteiger partial charge on any atom is -0.342 e. The third-order valence-corrected chi connectivity index (χ3v) is 6.22. The van der Waals surface area contributed by atoms with Crippen molar-refractivity contribution < 1.29 is 9.59 Å². The summed E-state index contributed by atoms with van der Waals surface area (Å²) in [7, 11) is 0. The smallest absolute Gasteiger partial charge is 0.228 e. The van der Waals surface area contributed by atoms with Gasteiger partial charge in [-0.1, -0.05) is 88.0 Å². The Hall–Kier alpha value is -1.06.